The smallest absolute Gasteiger partial charge is 0.433 e. The van der Waals surface area contributed by atoms with E-state index >= 15 is 0 Å². The third-order valence-corrected chi connectivity index (χ3v) is 1.72. The van der Waals surface area contributed by atoms with Crippen molar-refractivity contribution in [3.63, 3.8) is 0 Å². The highest BCUT2D eigenvalue weighted by atomic mass is 19.4. The predicted molar refractivity (Wildman–Crippen MR) is 50.0 cm³/mol. The van der Waals surface area contributed by atoms with E-state index < -0.39 is 24.4 Å². The Balaban J connectivity index is 2.93. The molecule has 0 aliphatic carbocycles. The maximum absolute atomic E-state index is 12.2. The summed E-state index contributed by atoms with van der Waals surface area (Å²) in [5.74, 6) is -1.34. The number of rotatable bonds is 4. The first-order valence-corrected chi connectivity index (χ1v) is 4.20. The third-order valence-electron chi connectivity index (χ3n) is 1.72. The molecule has 92 valence electrons. The van der Waals surface area contributed by atoms with Gasteiger partial charge in [0.1, 0.15) is 12.2 Å². The number of carbonyl (C=O) groups is 1. The van der Waals surface area contributed by atoms with Crippen LogP contribution in [0.4, 0.5) is 18.9 Å². The van der Waals surface area contributed by atoms with Crippen molar-refractivity contribution in [2.24, 2.45) is 5.29 Å². The molecule has 9 heteroatoms. The standard InChI is InChI=1S/C8H6F3N3O3/c9-8(10,11)6-2-1-5(3-12-6)14(13-17)4-7(15)16/h1-3H,4H2,(H,15,16). The van der Waals surface area contributed by atoms with Crippen LogP contribution < -0.4 is 5.01 Å². The number of hydrogen-bond acceptors (Lipinski definition) is 4. The molecule has 0 bridgehead atoms. The van der Waals surface area contributed by atoms with Crippen molar-refractivity contribution >= 4 is 11.7 Å². The monoisotopic (exact) mass is 249 g/mol. The lowest BCUT2D eigenvalue weighted by Gasteiger charge is -2.12. The van der Waals surface area contributed by atoms with Gasteiger partial charge in [-0.3, -0.25) is 4.79 Å². The summed E-state index contributed by atoms with van der Waals surface area (Å²) in [5, 5.41) is 11.3. The zero-order valence-corrected chi connectivity index (χ0v) is 8.18. The summed E-state index contributed by atoms with van der Waals surface area (Å²) < 4.78 is 36.5. The second kappa shape index (κ2) is 4.76. The molecule has 0 saturated heterocycles. The van der Waals surface area contributed by atoms with Crippen LogP contribution in [0.5, 0.6) is 0 Å². The molecule has 1 heterocycles. The number of nitrogens with zero attached hydrogens (tertiary/aromatic N) is 3. The molecule has 6 nitrogen and oxygen atoms in total. The van der Waals surface area contributed by atoms with Crippen molar-refractivity contribution in [2.75, 3.05) is 11.6 Å². The Hall–Kier alpha value is -2.19. The van der Waals surface area contributed by atoms with Gasteiger partial charge in [0.05, 0.1) is 17.2 Å². The van der Waals surface area contributed by atoms with Gasteiger partial charge in [0.25, 0.3) is 0 Å². The molecular formula is C8H6F3N3O3. The van der Waals surface area contributed by atoms with Gasteiger partial charge in [-0.25, -0.2) is 9.99 Å². The van der Waals surface area contributed by atoms with Crippen LogP contribution >= 0.6 is 0 Å². The summed E-state index contributed by atoms with van der Waals surface area (Å²) in [5.41, 5.74) is -1.27. The van der Waals surface area contributed by atoms with Gasteiger partial charge in [-0.15, -0.1) is 4.91 Å². The highest BCUT2D eigenvalue weighted by Crippen LogP contribution is 2.28. The van der Waals surface area contributed by atoms with Gasteiger partial charge in [-0.1, -0.05) is 0 Å². The average molecular weight is 249 g/mol. The molecule has 1 aromatic heterocycles. The molecular weight excluding hydrogens is 243 g/mol. The highest BCUT2D eigenvalue weighted by molar-refractivity contribution is 5.73. The Kier molecular flexibility index (Phi) is 3.61. The Morgan fingerprint density at radius 3 is 2.47 bits per heavy atom. The van der Waals surface area contributed by atoms with Crippen molar-refractivity contribution in [1.82, 2.24) is 4.98 Å². The fourth-order valence-electron chi connectivity index (χ4n) is 1.00. The Morgan fingerprint density at radius 2 is 2.12 bits per heavy atom. The lowest BCUT2D eigenvalue weighted by molar-refractivity contribution is -0.141. The molecule has 0 aliphatic heterocycles. The average Bonchev–Trinajstić information content (AvgIpc) is 2.24. The van der Waals surface area contributed by atoms with Crippen molar-refractivity contribution in [1.29, 1.82) is 0 Å². The SMILES string of the molecule is O=NN(CC(=O)O)c1ccc(C(F)(F)F)nc1. The predicted octanol–water partition coefficient (Wildman–Crippen LogP) is 1.67. The number of halogens is 3. The molecule has 1 rings (SSSR count). The van der Waals surface area contributed by atoms with Crippen LogP contribution in [-0.2, 0) is 11.0 Å². The highest BCUT2D eigenvalue weighted by Gasteiger charge is 2.32. The number of aromatic nitrogens is 1. The summed E-state index contributed by atoms with van der Waals surface area (Å²) in [6, 6.07) is 1.55. The molecule has 0 saturated carbocycles. The minimum absolute atomic E-state index is 0.129. The molecule has 0 radical (unpaired) electrons. The molecule has 17 heavy (non-hydrogen) atoms. The van der Waals surface area contributed by atoms with Gasteiger partial charge in [-0.2, -0.15) is 13.2 Å². The molecule has 1 N–H and O–H groups in total. The van der Waals surface area contributed by atoms with E-state index in [2.05, 4.69) is 10.3 Å². The molecule has 1 aromatic rings. The third kappa shape index (κ3) is 3.40. The van der Waals surface area contributed by atoms with Crippen molar-refractivity contribution in [3.05, 3.63) is 28.9 Å². The van der Waals surface area contributed by atoms with E-state index in [0.29, 0.717) is 11.1 Å². The van der Waals surface area contributed by atoms with Gasteiger partial charge < -0.3 is 5.11 Å². The van der Waals surface area contributed by atoms with E-state index in [-0.39, 0.29) is 5.69 Å². The summed E-state index contributed by atoms with van der Waals surface area (Å²) in [6.07, 6.45) is -3.86. The number of carboxylic acid groups (broad SMARTS) is 1. The van der Waals surface area contributed by atoms with E-state index in [9.17, 15) is 22.9 Å². The Bertz CT molecular complexity index is 418. The van der Waals surface area contributed by atoms with Crippen LogP contribution in [0.25, 0.3) is 0 Å². The van der Waals surface area contributed by atoms with E-state index in [1.54, 1.807) is 0 Å². The van der Waals surface area contributed by atoms with E-state index in [0.717, 1.165) is 12.3 Å². The fraction of sp³-hybridized carbons (Fsp3) is 0.250. The lowest BCUT2D eigenvalue weighted by atomic mass is 10.3. The Morgan fingerprint density at radius 1 is 1.47 bits per heavy atom. The normalized spacial score (nSPS) is 11.0. The van der Waals surface area contributed by atoms with Gasteiger partial charge in [-0.05, 0) is 12.1 Å². The van der Waals surface area contributed by atoms with Crippen LogP contribution in [0.15, 0.2) is 23.6 Å². The Labute approximate surface area is 92.6 Å². The minimum Gasteiger partial charge on any atom is -0.480 e. The summed E-state index contributed by atoms with van der Waals surface area (Å²) in [7, 11) is 0. The number of hydrogen-bond donors (Lipinski definition) is 1. The molecule has 0 fully saturated rings. The van der Waals surface area contributed by atoms with Crippen molar-refractivity contribution in [3.8, 4) is 0 Å². The quantitative estimate of drug-likeness (QED) is 0.648. The second-order valence-corrected chi connectivity index (χ2v) is 2.93. The first-order chi connectivity index (χ1) is 7.84. The summed E-state index contributed by atoms with van der Waals surface area (Å²) in [4.78, 5) is 23.7. The van der Waals surface area contributed by atoms with Crippen LogP contribution in [0.3, 0.4) is 0 Å². The number of pyridine rings is 1. The molecule has 0 aliphatic rings. The number of alkyl halides is 3. The number of aliphatic carboxylic acids is 1. The van der Waals surface area contributed by atoms with Crippen LogP contribution in [0.2, 0.25) is 0 Å². The first kappa shape index (κ1) is 12.9. The van der Waals surface area contributed by atoms with Crippen molar-refractivity contribution < 1.29 is 23.1 Å². The van der Waals surface area contributed by atoms with Crippen LogP contribution in [0, 0.1) is 4.91 Å². The maximum Gasteiger partial charge on any atom is 0.433 e. The van der Waals surface area contributed by atoms with Gasteiger partial charge in [0.2, 0.25) is 0 Å². The van der Waals surface area contributed by atoms with Crippen LogP contribution in [-0.4, -0.2) is 22.6 Å². The summed E-state index contributed by atoms with van der Waals surface area (Å²) >= 11 is 0. The molecule has 0 unspecified atom stereocenters. The first-order valence-electron chi connectivity index (χ1n) is 4.20. The zero-order valence-electron chi connectivity index (χ0n) is 8.18. The van der Waals surface area contributed by atoms with Gasteiger partial charge in [0.15, 0.2) is 0 Å². The second-order valence-electron chi connectivity index (χ2n) is 2.93. The maximum atomic E-state index is 12.2. The van der Waals surface area contributed by atoms with Gasteiger partial charge >= 0.3 is 12.1 Å². The molecule has 0 amide bonds. The topological polar surface area (TPSA) is 82.9 Å². The summed E-state index contributed by atoms with van der Waals surface area (Å²) in [6.45, 7) is -0.753. The number of carboxylic acids is 1. The zero-order chi connectivity index (χ0) is 13.1. The number of nitroso groups, excluding NO2 is 1. The molecule has 0 aromatic carbocycles. The number of anilines is 1. The van der Waals surface area contributed by atoms with E-state index in [1.807, 2.05) is 0 Å². The molecule has 0 atom stereocenters. The van der Waals surface area contributed by atoms with E-state index in [4.69, 9.17) is 5.11 Å². The lowest BCUT2D eigenvalue weighted by Crippen LogP contribution is -2.24. The van der Waals surface area contributed by atoms with Crippen molar-refractivity contribution in [2.45, 2.75) is 6.18 Å². The van der Waals surface area contributed by atoms with E-state index in [1.165, 1.54) is 0 Å². The largest absolute Gasteiger partial charge is 0.480 e. The fourth-order valence-corrected chi connectivity index (χ4v) is 1.00. The minimum atomic E-state index is -4.59. The van der Waals surface area contributed by atoms with Crippen LogP contribution in [0.1, 0.15) is 5.69 Å². The van der Waals surface area contributed by atoms with Gasteiger partial charge in [0, 0.05) is 0 Å². The molecule has 0 spiro atoms.